The predicted molar refractivity (Wildman–Crippen MR) is 114 cm³/mol. The number of hydrogen-bond donors (Lipinski definition) is 1. The van der Waals surface area contributed by atoms with Crippen molar-refractivity contribution in [3.05, 3.63) is 72.3 Å². The van der Waals surface area contributed by atoms with Crippen molar-refractivity contribution in [3.8, 4) is 11.3 Å². The summed E-state index contributed by atoms with van der Waals surface area (Å²) in [7, 11) is 0. The zero-order valence-corrected chi connectivity index (χ0v) is 16.3. The fourth-order valence-corrected chi connectivity index (χ4v) is 3.32. The van der Waals surface area contributed by atoms with Gasteiger partial charge in [-0.15, -0.1) is 10.2 Å². The van der Waals surface area contributed by atoms with Crippen LogP contribution in [0.2, 0.25) is 0 Å². The zero-order valence-electron chi connectivity index (χ0n) is 16.3. The van der Waals surface area contributed by atoms with Gasteiger partial charge in [-0.3, -0.25) is 4.79 Å². The van der Waals surface area contributed by atoms with Gasteiger partial charge in [0.15, 0.2) is 5.82 Å². The van der Waals surface area contributed by atoms with E-state index in [1.165, 1.54) is 0 Å². The molecular weight excluding hydrogens is 364 g/mol. The van der Waals surface area contributed by atoms with Gasteiger partial charge in [0, 0.05) is 30.8 Å². The topological polar surface area (TPSA) is 67.4 Å². The molecule has 1 aliphatic rings. The van der Waals surface area contributed by atoms with Gasteiger partial charge >= 0.3 is 0 Å². The first-order chi connectivity index (χ1) is 14.3. The Morgan fingerprint density at radius 3 is 2.55 bits per heavy atom. The van der Waals surface area contributed by atoms with E-state index in [-0.39, 0.29) is 5.91 Å². The number of ether oxygens (including phenoxy) is 1. The predicted octanol–water partition coefficient (Wildman–Crippen LogP) is 3.55. The van der Waals surface area contributed by atoms with Gasteiger partial charge in [-0.25, -0.2) is 0 Å². The highest BCUT2D eigenvalue weighted by Crippen LogP contribution is 2.22. The molecule has 148 valence electrons. The van der Waals surface area contributed by atoms with Gasteiger partial charge in [-0.2, -0.15) is 0 Å². The smallest absolute Gasteiger partial charge is 0.224 e. The van der Waals surface area contributed by atoms with E-state index in [0.29, 0.717) is 6.42 Å². The molecule has 2 aromatic carbocycles. The summed E-state index contributed by atoms with van der Waals surface area (Å²) in [5.74, 6) is 0.863. The monoisotopic (exact) mass is 388 g/mol. The van der Waals surface area contributed by atoms with Crippen LogP contribution < -0.4 is 10.2 Å². The van der Waals surface area contributed by atoms with Crippen LogP contribution in [0.4, 0.5) is 11.5 Å². The number of aromatic nitrogens is 2. The molecule has 1 saturated heterocycles. The summed E-state index contributed by atoms with van der Waals surface area (Å²) in [5.41, 5.74) is 3.63. The highest BCUT2D eigenvalue weighted by atomic mass is 16.5. The Bertz CT molecular complexity index is 939. The summed E-state index contributed by atoms with van der Waals surface area (Å²) >= 11 is 0. The van der Waals surface area contributed by atoms with Crippen molar-refractivity contribution in [2.45, 2.75) is 12.8 Å². The molecule has 0 radical (unpaired) electrons. The number of aryl methyl sites for hydroxylation is 1. The number of anilines is 2. The largest absolute Gasteiger partial charge is 0.378 e. The summed E-state index contributed by atoms with van der Waals surface area (Å²) in [6, 6.07) is 21.7. The number of carbonyl (C=O) groups is 1. The summed E-state index contributed by atoms with van der Waals surface area (Å²) in [4.78, 5) is 14.5. The number of morpholine rings is 1. The standard InChI is InChI=1S/C23H24N4O2/c28-23(12-9-18-5-2-1-3-6-18)24-20-8-4-7-19(17-20)21-10-11-22(26-25-21)27-13-15-29-16-14-27/h1-8,10-11,17H,9,12-16H2,(H,24,28). The molecule has 6 nitrogen and oxygen atoms in total. The molecule has 0 bridgehead atoms. The van der Waals surface area contributed by atoms with E-state index in [0.717, 1.165) is 61.1 Å². The molecule has 0 atom stereocenters. The molecule has 0 saturated carbocycles. The van der Waals surface area contributed by atoms with E-state index in [9.17, 15) is 4.79 Å². The van der Waals surface area contributed by atoms with E-state index in [1.807, 2.05) is 66.7 Å². The Labute approximate surface area is 170 Å². The molecule has 4 rings (SSSR count). The van der Waals surface area contributed by atoms with Crippen LogP contribution in [0.5, 0.6) is 0 Å². The molecule has 2 heterocycles. The lowest BCUT2D eigenvalue weighted by Crippen LogP contribution is -2.36. The molecule has 1 N–H and O–H groups in total. The molecule has 3 aromatic rings. The molecule has 1 fully saturated rings. The Balaban J connectivity index is 1.38. The van der Waals surface area contributed by atoms with Gasteiger partial charge in [-0.05, 0) is 36.2 Å². The van der Waals surface area contributed by atoms with Crippen LogP contribution in [0.25, 0.3) is 11.3 Å². The maximum absolute atomic E-state index is 12.3. The van der Waals surface area contributed by atoms with Crippen molar-refractivity contribution in [1.82, 2.24) is 10.2 Å². The molecule has 0 spiro atoms. The SMILES string of the molecule is O=C(CCc1ccccc1)Nc1cccc(-c2ccc(N3CCOCC3)nn2)c1. The fraction of sp³-hybridized carbons (Fsp3) is 0.261. The van der Waals surface area contributed by atoms with Gasteiger partial charge in [-0.1, -0.05) is 42.5 Å². The van der Waals surface area contributed by atoms with Crippen LogP contribution in [-0.2, 0) is 16.0 Å². The fourth-order valence-electron chi connectivity index (χ4n) is 3.32. The van der Waals surface area contributed by atoms with E-state index in [1.54, 1.807) is 0 Å². The third-order valence-corrected chi connectivity index (χ3v) is 4.91. The normalized spacial score (nSPS) is 13.9. The molecule has 0 unspecified atom stereocenters. The van der Waals surface area contributed by atoms with E-state index in [4.69, 9.17) is 4.74 Å². The van der Waals surface area contributed by atoms with Gasteiger partial charge in [0.05, 0.1) is 18.9 Å². The van der Waals surface area contributed by atoms with Gasteiger partial charge in [0.1, 0.15) is 0 Å². The summed E-state index contributed by atoms with van der Waals surface area (Å²) in [6.45, 7) is 3.10. The molecule has 1 aromatic heterocycles. The molecule has 1 amide bonds. The van der Waals surface area contributed by atoms with Gasteiger partial charge in [0.2, 0.25) is 5.91 Å². The molecule has 29 heavy (non-hydrogen) atoms. The van der Waals surface area contributed by atoms with E-state index >= 15 is 0 Å². The van der Waals surface area contributed by atoms with E-state index < -0.39 is 0 Å². The Morgan fingerprint density at radius 2 is 1.79 bits per heavy atom. The number of benzene rings is 2. The molecule has 0 aliphatic carbocycles. The quantitative estimate of drug-likeness (QED) is 0.699. The number of amides is 1. The summed E-state index contributed by atoms with van der Waals surface area (Å²) < 4.78 is 5.38. The van der Waals surface area contributed by atoms with Crippen LogP contribution in [0, 0.1) is 0 Å². The van der Waals surface area contributed by atoms with Gasteiger partial charge in [0.25, 0.3) is 0 Å². The lowest BCUT2D eigenvalue weighted by Gasteiger charge is -2.27. The lowest BCUT2D eigenvalue weighted by molar-refractivity contribution is -0.116. The molecule has 6 heteroatoms. The second-order valence-electron chi connectivity index (χ2n) is 6.99. The van der Waals surface area contributed by atoms with Crippen LogP contribution in [0.15, 0.2) is 66.7 Å². The number of rotatable bonds is 6. The minimum atomic E-state index is -0.000229. The van der Waals surface area contributed by atoms with Crippen molar-refractivity contribution < 1.29 is 9.53 Å². The Hall–Kier alpha value is -3.25. The number of nitrogens with zero attached hydrogens (tertiary/aromatic N) is 3. The first-order valence-corrected chi connectivity index (χ1v) is 9.88. The molecular formula is C23H24N4O2. The van der Waals surface area contributed by atoms with Crippen molar-refractivity contribution in [2.24, 2.45) is 0 Å². The van der Waals surface area contributed by atoms with Crippen molar-refractivity contribution in [3.63, 3.8) is 0 Å². The third kappa shape index (κ3) is 5.18. The first-order valence-electron chi connectivity index (χ1n) is 9.88. The Morgan fingerprint density at radius 1 is 0.966 bits per heavy atom. The highest BCUT2D eigenvalue weighted by molar-refractivity contribution is 5.91. The number of carbonyl (C=O) groups excluding carboxylic acids is 1. The zero-order chi connectivity index (χ0) is 19.9. The van der Waals surface area contributed by atoms with Crippen LogP contribution in [0.3, 0.4) is 0 Å². The lowest BCUT2D eigenvalue weighted by atomic mass is 10.1. The van der Waals surface area contributed by atoms with Crippen LogP contribution in [-0.4, -0.2) is 42.4 Å². The van der Waals surface area contributed by atoms with Crippen LogP contribution in [0.1, 0.15) is 12.0 Å². The average molecular weight is 388 g/mol. The second-order valence-corrected chi connectivity index (χ2v) is 6.99. The summed E-state index contributed by atoms with van der Waals surface area (Å²) in [6.07, 6.45) is 1.17. The number of hydrogen-bond acceptors (Lipinski definition) is 5. The third-order valence-electron chi connectivity index (χ3n) is 4.91. The van der Waals surface area contributed by atoms with Crippen molar-refractivity contribution in [1.29, 1.82) is 0 Å². The highest BCUT2D eigenvalue weighted by Gasteiger charge is 2.13. The first kappa shape index (κ1) is 19.1. The van der Waals surface area contributed by atoms with Crippen molar-refractivity contribution in [2.75, 3.05) is 36.5 Å². The minimum Gasteiger partial charge on any atom is -0.378 e. The van der Waals surface area contributed by atoms with E-state index in [2.05, 4.69) is 20.4 Å². The average Bonchev–Trinajstić information content (AvgIpc) is 2.79. The second kappa shape index (κ2) is 9.30. The maximum Gasteiger partial charge on any atom is 0.224 e. The molecule has 1 aliphatic heterocycles. The Kier molecular flexibility index (Phi) is 6.12. The van der Waals surface area contributed by atoms with Crippen molar-refractivity contribution >= 4 is 17.4 Å². The van der Waals surface area contributed by atoms with Crippen LogP contribution >= 0.6 is 0 Å². The maximum atomic E-state index is 12.3. The minimum absolute atomic E-state index is 0.000229. The summed E-state index contributed by atoms with van der Waals surface area (Å²) in [5, 5.41) is 11.7. The van der Waals surface area contributed by atoms with Gasteiger partial charge < -0.3 is 15.0 Å². The number of nitrogens with one attached hydrogen (secondary N) is 1.